The zero-order valence-corrected chi connectivity index (χ0v) is 28.3. The first kappa shape index (κ1) is 35.8. The molecule has 0 aliphatic rings. The highest BCUT2D eigenvalue weighted by Crippen LogP contribution is 2.23. The van der Waals surface area contributed by atoms with E-state index < -0.39 is 29.3 Å². The van der Waals surface area contributed by atoms with E-state index in [1.165, 1.54) is 15.9 Å². The number of benzene rings is 3. The van der Waals surface area contributed by atoms with Crippen LogP contribution in [0.25, 0.3) is 10.8 Å². The molecule has 3 aromatic carbocycles. The quantitative estimate of drug-likeness (QED) is 0.266. The highest BCUT2D eigenvalue weighted by molar-refractivity contribution is 5.95. The van der Waals surface area contributed by atoms with Crippen LogP contribution in [-0.2, 0) is 32.0 Å². The maximum absolute atomic E-state index is 14.3. The molecule has 0 aliphatic carbocycles. The molecule has 0 unspecified atom stereocenters. The zero-order valence-electron chi connectivity index (χ0n) is 28.3. The first-order chi connectivity index (χ1) is 21.6. The van der Waals surface area contributed by atoms with E-state index in [9.17, 15) is 19.2 Å². The van der Waals surface area contributed by atoms with Crippen molar-refractivity contribution in [3.63, 3.8) is 0 Å². The second-order valence-electron chi connectivity index (χ2n) is 13.2. The van der Waals surface area contributed by atoms with Gasteiger partial charge in [0.25, 0.3) is 0 Å². The highest BCUT2D eigenvalue weighted by atomic mass is 16.6. The van der Waals surface area contributed by atoms with Crippen LogP contribution in [0.15, 0.2) is 84.9 Å². The molecular formula is C37H48N4O5. The fraction of sp³-hybridized carbons (Fsp3) is 0.405. The van der Waals surface area contributed by atoms with Crippen molar-refractivity contribution in [3.8, 4) is 0 Å². The van der Waals surface area contributed by atoms with Gasteiger partial charge in [0.05, 0.1) is 0 Å². The van der Waals surface area contributed by atoms with Gasteiger partial charge in [-0.25, -0.2) is 4.79 Å². The van der Waals surface area contributed by atoms with Crippen molar-refractivity contribution in [2.24, 2.45) is 0 Å². The number of hydrogen-bond acceptors (Lipinski definition) is 5. The zero-order chi connectivity index (χ0) is 34.1. The van der Waals surface area contributed by atoms with E-state index in [-0.39, 0.29) is 24.1 Å². The number of ether oxygens (including phenoxy) is 1. The van der Waals surface area contributed by atoms with Gasteiger partial charge in [-0.05, 0) is 69.0 Å². The largest absolute Gasteiger partial charge is 0.444 e. The lowest BCUT2D eigenvalue weighted by Crippen LogP contribution is -2.55. The summed E-state index contributed by atoms with van der Waals surface area (Å²) >= 11 is 0. The Hall–Kier alpha value is -4.66. The summed E-state index contributed by atoms with van der Waals surface area (Å²) in [6, 6.07) is 21.7. The normalized spacial score (nSPS) is 13.1. The summed E-state index contributed by atoms with van der Waals surface area (Å²) in [6.45, 7) is 9.05. The molecule has 3 rings (SSSR count). The number of carbonyl (C=O) groups excluding carboxylic acids is 4. The summed E-state index contributed by atoms with van der Waals surface area (Å²) in [5.74, 6) is -1.02. The predicted molar refractivity (Wildman–Crippen MR) is 182 cm³/mol. The summed E-state index contributed by atoms with van der Waals surface area (Å²) in [6.07, 6.45) is 3.48. The van der Waals surface area contributed by atoms with E-state index in [1.54, 1.807) is 48.0 Å². The molecule has 2 N–H and O–H groups in total. The molecule has 0 bridgehead atoms. The summed E-state index contributed by atoms with van der Waals surface area (Å²) in [7, 11) is 4.76. The van der Waals surface area contributed by atoms with E-state index in [0.29, 0.717) is 12.8 Å². The van der Waals surface area contributed by atoms with Crippen LogP contribution in [0, 0.1) is 0 Å². The SMILES string of the molecule is CNC(=O)[C@@H](Cc1ccccc1)N(C)C(=O)[C@@H](Cc1cccc2ccccc12)N(C)C(=O)C=CCC(C)(C)NC(=O)OC(C)(C)C. The third kappa shape index (κ3) is 10.2. The van der Waals surface area contributed by atoms with Crippen molar-refractivity contribution in [2.45, 2.75) is 77.1 Å². The Bertz CT molecular complexity index is 1540. The van der Waals surface area contributed by atoms with Crippen LogP contribution in [-0.4, -0.2) is 78.0 Å². The molecule has 0 saturated carbocycles. The molecule has 46 heavy (non-hydrogen) atoms. The Labute approximate surface area is 273 Å². The minimum absolute atomic E-state index is 0.248. The molecule has 0 aliphatic heterocycles. The van der Waals surface area contributed by atoms with E-state index in [1.807, 2.05) is 86.6 Å². The minimum Gasteiger partial charge on any atom is -0.444 e. The Morgan fingerprint density at radius 3 is 2.09 bits per heavy atom. The first-order valence-corrected chi connectivity index (χ1v) is 15.5. The van der Waals surface area contributed by atoms with Gasteiger partial charge in [-0.15, -0.1) is 0 Å². The van der Waals surface area contributed by atoms with Gasteiger partial charge in [0.2, 0.25) is 17.7 Å². The minimum atomic E-state index is -0.899. The third-order valence-corrected chi connectivity index (χ3v) is 7.76. The van der Waals surface area contributed by atoms with Crippen LogP contribution in [0.3, 0.4) is 0 Å². The third-order valence-electron chi connectivity index (χ3n) is 7.76. The monoisotopic (exact) mass is 628 g/mol. The van der Waals surface area contributed by atoms with Gasteiger partial charge >= 0.3 is 6.09 Å². The Kier molecular flexibility index (Phi) is 12.1. The first-order valence-electron chi connectivity index (χ1n) is 15.5. The van der Waals surface area contributed by atoms with Gasteiger partial charge in [-0.1, -0.05) is 78.9 Å². The molecule has 0 fully saturated rings. The van der Waals surface area contributed by atoms with E-state index in [0.717, 1.165) is 21.9 Å². The fourth-order valence-electron chi connectivity index (χ4n) is 5.22. The van der Waals surface area contributed by atoms with Crippen LogP contribution in [0.2, 0.25) is 0 Å². The lowest BCUT2D eigenvalue weighted by Gasteiger charge is -2.34. The van der Waals surface area contributed by atoms with Crippen LogP contribution in [0.5, 0.6) is 0 Å². The number of hydrogen-bond donors (Lipinski definition) is 2. The van der Waals surface area contributed by atoms with Crippen molar-refractivity contribution >= 4 is 34.6 Å². The molecule has 4 amide bonds. The molecule has 246 valence electrons. The number of rotatable bonds is 12. The molecule has 9 heteroatoms. The number of amides is 4. The number of likely N-dealkylation sites (N-methyl/N-ethyl adjacent to an activating group) is 3. The Morgan fingerprint density at radius 2 is 1.43 bits per heavy atom. The molecule has 0 aromatic heterocycles. The number of nitrogens with one attached hydrogen (secondary N) is 2. The smallest absolute Gasteiger partial charge is 0.408 e. The van der Waals surface area contributed by atoms with Crippen molar-refractivity contribution in [1.29, 1.82) is 0 Å². The van der Waals surface area contributed by atoms with Gasteiger partial charge in [0, 0.05) is 39.5 Å². The number of fused-ring (bicyclic) bond motifs is 1. The van der Waals surface area contributed by atoms with Gasteiger partial charge in [0.1, 0.15) is 17.7 Å². The van der Waals surface area contributed by atoms with Crippen LogP contribution in [0.4, 0.5) is 4.79 Å². The maximum atomic E-state index is 14.3. The molecule has 0 spiro atoms. The molecule has 9 nitrogen and oxygen atoms in total. The average Bonchev–Trinajstić information content (AvgIpc) is 3.00. The molecule has 0 saturated heterocycles. The second-order valence-corrected chi connectivity index (χ2v) is 13.2. The van der Waals surface area contributed by atoms with E-state index >= 15 is 0 Å². The van der Waals surface area contributed by atoms with Gasteiger partial charge in [-0.2, -0.15) is 0 Å². The highest BCUT2D eigenvalue weighted by Gasteiger charge is 2.35. The van der Waals surface area contributed by atoms with E-state index in [4.69, 9.17) is 4.74 Å². The molecular weight excluding hydrogens is 580 g/mol. The molecule has 0 heterocycles. The summed E-state index contributed by atoms with van der Waals surface area (Å²) in [4.78, 5) is 56.2. The van der Waals surface area contributed by atoms with E-state index in [2.05, 4.69) is 10.6 Å². The van der Waals surface area contributed by atoms with Crippen molar-refractivity contribution in [1.82, 2.24) is 20.4 Å². The van der Waals surface area contributed by atoms with Crippen molar-refractivity contribution in [2.75, 3.05) is 21.1 Å². The van der Waals surface area contributed by atoms with Gasteiger partial charge in [0.15, 0.2) is 0 Å². The van der Waals surface area contributed by atoms with Crippen LogP contribution in [0.1, 0.15) is 52.2 Å². The van der Waals surface area contributed by atoms with Gasteiger partial charge in [-0.3, -0.25) is 14.4 Å². The topological polar surface area (TPSA) is 108 Å². The fourth-order valence-corrected chi connectivity index (χ4v) is 5.22. The number of alkyl carbamates (subject to hydrolysis) is 1. The van der Waals surface area contributed by atoms with Gasteiger partial charge < -0.3 is 25.2 Å². The predicted octanol–water partition coefficient (Wildman–Crippen LogP) is 5.27. The summed E-state index contributed by atoms with van der Waals surface area (Å²) in [5, 5.41) is 7.54. The summed E-state index contributed by atoms with van der Waals surface area (Å²) < 4.78 is 5.37. The van der Waals surface area contributed by atoms with Crippen LogP contribution < -0.4 is 10.6 Å². The maximum Gasteiger partial charge on any atom is 0.408 e. The Morgan fingerprint density at radius 1 is 0.804 bits per heavy atom. The average molecular weight is 629 g/mol. The lowest BCUT2D eigenvalue weighted by atomic mass is 9.96. The second kappa shape index (κ2) is 15.6. The molecule has 2 atom stereocenters. The number of nitrogens with zero attached hydrogens (tertiary/aromatic N) is 2. The lowest BCUT2D eigenvalue weighted by molar-refractivity contribution is -0.146. The Balaban J connectivity index is 1.89. The molecule has 3 aromatic rings. The van der Waals surface area contributed by atoms with Crippen LogP contribution >= 0.6 is 0 Å². The number of carbonyl (C=O) groups is 4. The van der Waals surface area contributed by atoms with Crippen molar-refractivity contribution < 1.29 is 23.9 Å². The summed E-state index contributed by atoms with van der Waals surface area (Å²) in [5.41, 5.74) is 0.506. The molecule has 0 radical (unpaired) electrons. The standard InChI is InChI=1S/C37H48N4O5/c1-36(2,3)46-35(45)39-37(4,5)23-15-22-32(42)40(7)31(25-28-20-14-19-27-18-12-13-21-29(27)28)34(44)41(8)30(33(43)38-6)24-26-16-10-9-11-17-26/h9-22,30-31H,23-25H2,1-8H3,(H,38,43)(H,39,45)/t30-,31-/m1/s1. The van der Waals surface area contributed by atoms with Crippen molar-refractivity contribution in [3.05, 3.63) is 96.1 Å².